The third kappa shape index (κ3) is 2.12. The van der Waals surface area contributed by atoms with Crippen LogP contribution in [0.15, 0.2) is 12.3 Å². The highest BCUT2D eigenvalue weighted by Crippen LogP contribution is 2.30. The molecule has 2 heterocycles. The predicted molar refractivity (Wildman–Crippen MR) is 55.7 cm³/mol. The number of aromatic nitrogens is 2. The molecule has 0 spiro atoms. The summed E-state index contributed by atoms with van der Waals surface area (Å²) in [4.78, 5) is 0. The molecule has 0 aromatic carbocycles. The fraction of sp³-hybridized carbons (Fsp3) is 0.556. The zero-order valence-electron chi connectivity index (χ0n) is 7.44. The maximum absolute atomic E-state index is 5.66. The van der Waals surface area contributed by atoms with E-state index in [1.165, 1.54) is 18.6 Å². The fourth-order valence-electron chi connectivity index (χ4n) is 1.57. The second-order valence-electron chi connectivity index (χ2n) is 3.33. The van der Waals surface area contributed by atoms with Gasteiger partial charge in [-0.25, -0.2) is 0 Å². The van der Waals surface area contributed by atoms with Gasteiger partial charge in [-0.2, -0.15) is 22.0 Å². The van der Waals surface area contributed by atoms with Crippen molar-refractivity contribution >= 4 is 17.4 Å². The maximum atomic E-state index is 5.66. The molecule has 4 heteroatoms. The summed E-state index contributed by atoms with van der Waals surface area (Å²) >= 11 is 2.00. The van der Waals surface area contributed by atoms with E-state index in [1.54, 1.807) is 6.20 Å². The van der Waals surface area contributed by atoms with Crippen LogP contribution < -0.4 is 5.73 Å². The molecule has 1 aromatic heterocycles. The van der Waals surface area contributed by atoms with Gasteiger partial charge in [-0.3, -0.25) is 0 Å². The molecular weight excluding hydrogens is 182 g/mol. The van der Waals surface area contributed by atoms with E-state index in [0.717, 1.165) is 17.1 Å². The summed E-state index contributed by atoms with van der Waals surface area (Å²) in [5.41, 5.74) is 7.44. The van der Waals surface area contributed by atoms with Crippen molar-refractivity contribution in [1.29, 1.82) is 0 Å². The van der Waals surface area contributed by atoms with Crippen molar-refractivity contribution in [1.82, 2.24) is 10.2 Å². The lowest BCUT2D eigenvalue weighted by Gasteiger charge is -2.20. The summed E-state index contributed by atoms with van der Waals surface area (Å²) in [7, 11) is 0. The van der Waals surface area contributed by atoms with Crippen molar-refractivity contribution in [3.8, 4) is 0 Å². The van der Waals surface area contributed by atoms with Crippen LogP contribution in [0.4, 0.5) is 5.69 Å². The number of hydrogen-bond acceptors (Lipinski definition) is 4. The van der Waals surface area contributed by atoms with Crippen LogP contribution in [-0.4, -0.2) is 21.7 Å². The van der Waals surface area contributed by atoms with Crippen LogP contribution in [0, 0.1) is 0 Å². The molecule has 3 nitrogen and oxygen atoms in total. The molecule has 0 amide bonds. The van der Waals surface area contributed by atoms with Crippen LogP contribution in [0.5, 0.6) is 0 Å². The van der Waals surface area contributed by atoms with Gasteiger partial charge in [0.25, 0.3) is 0 Å². The lowest BCUT2D eigenvalue weighted by molar-refractivity contribution is 0.633. The summed E-state index contributed by atoms with van der Waals surface area (Å²) in [6, 6.07) is 1.95. The van der Waals surface area contributed by atoms with E-state index in [9.17, 15) is 0 Å². The molecule has 1 saturated heterocycles. The average molecular weight is 195 g/mol. The number of nitrogen functional groups attached to an aromatic ring is 1. The predicted octanol–water partition coefficient (Wildman–Crippen LogP) is 1.67. The number of nitrogens with two attached hydrogens (primary N) is 1. The van der Waals surface area contributed by atoms with E-state index < -0.39 is 0 Å². The molecule has 0 aliphatic carbocycles. The van der Waals surface area contributed by atoms with E-state index in [2.05, 4.69) is 10.2 Å². The van der Waals surface area contributed by atoms with E-state index >= 15 is 0 Å². The minimum absolute atomic E-state index is 0.565. The molecule has 70 valence electrons. The second-order valence-corrected chi connectivity index (χ2v) is 4.48. The Bertz CT molecular complexity index is 284. The molecule has 0 saturated carbocycles. The number of anilines is 1. The largest absolute Gasteiger partial charge is 0.397 e. The smallest absolute Gasteiger partial charge is 0.0726 e. The van der Waals surface area contributed by atoms with Gasteiger partial charge >= 0.3 is 0 Å². The van der Waals surface area contributed by atoms with Crippen molar-refractivity contribution in [2.24, 2.45) is 0 Å². The molecule has 1 unspecified atom stereocenters. The van der Waals surface area contributed by atoms with Gasteiger partial charge in [0.1, 0.15) is 0 Å². The van der Waals surface area contributed by atoms with Crippen LogP contribution in [0.25, 0.3) is 0 Å². The van der Waals surface area contributed by atoms with Gasteiger partial charge in [0, 0.05) is 11.7 Å². The Morgan fingerprint density at radius 1 is 1.54 bits per heavy atom. The molecule has 0 bridgehead atoms. The molecule has 0 radical (unpaired) electrons. The number of rotatable bonds is 1. The van der Waals surface area contributed by atoms with Crippen LogP contribution in [0.1, 0.15) is 24.5 Å². The van der Waals surface area contributed by atoms with Crippen LogP contribution in [-0.2, 0) is 0 Å². The van der Waals surface area contributed by atoms with Gasteiger partial charge < -0.3 is 5.73 Å². The molecule has 1 atom stereocenters. The Balaban J connectivity index is 2.14. The quantitative estimate of drug-likeness (QED) is 0.740. The highest BCUT2D eigenvalue weighted by molar-refractivity contribution is 7.99. The highest BCUT2D eigenvalue weighted by atomic mass is 32.2. The first-order chi connectivity index (χ1) is 6.36. The number of thioether (sulfide) groups is 1. The van der Waals surface area contributed by atoms with E-state index in [1.807, 2.05) is 17.8 Å². The molecule has 1 fully saturated rings. The Hall–Kier alpha value is -0.770. The van der Waals surface area contributed by atoms with Crippen molar-refractivity contribution in [3.63, 3.8) is 0 Å². The van der Waals surface area contributed by atoms with Gasteiger partial charge in [-0.15, -0.1) is 0 Å². The minimum atomic E-state index is 0.565. The molecular formula is C9H13N3S. The SMILES string of the molecule is Nc1cnnc(C2CCCSC2)c1. The number of nitrogens with zero attached hydrogens (tertiary/aromatic N) is 2. The van der Waals surface area contributed by atoms with Crippen molar-refractivity contribution in [2.75, 3.05) is 17.2 Å². The first-order valence-corrected chi connectivity index (χ1v) is 5.67. The van der Waals surface area contributed by atoms with Crippen LogP contribution in [0.2, 0.25) is 0 Å². The molecule has 2 N–H and O–H groups in total. The lowest BCUT2D eigenvalue weighted by Crippen LogP contribution is -2.11. The Morgan fingerprint density at radius 3 is 3.15 bits per heavy atom. The third-order valence-electron chi connectivity index (χ3n) is 2.27. The molecule has 1 aliphatic heterocycles. The molecule has 1 aliphatic rings. The minimum Gasteiger partial charge on any atom is -0.397 e. The monoisotopic (exact) mass is 195 g/mol. The van der Waals surface area contributed by atoms with Crippen molar-refractivity contribution in [3.05, 3.63) is 18.0 Å². The van der Waals surface area contributed by atoms with Crippen molar-refractivity contribution in [2.45, 2.75) is 18.8 Å². The highest BCUT2D eigenvalue weighted by Gasteiger charge is 2.17. The van der Waals surface area contributed by atoms with Crippen LogP contribution in [0.3, 0.4) is 0 Å². The van der Waals surface area contributed by atoms with E-state index in [-0.39, 0.29) is 0 Å². The molecule has 1 aromatic rings. The summed E-state index contributed by atoms with van der Waals surface area (Å²) in [5, 5.41) is 8.00. The summed E-state index contributed by atoms with van der Waals surface area (Å²) in [6.45, 7) is 0. The summed E-state index contributed by atoms with van der Waals surface area (Å²) < 4.78 is 0. The van der Waals surface area contributed by atoms with Gasteiger partial charge in [-0.05, 0) is 24.7 Å². The maximum Gasteiger partial charge on any atom is 0.0726 e. The normalized spacial score (nSPS) is 22.9. The average Bonchev–Trinajstić information content (AvgIpc) is 2.19. The van der Waals surface area contributed by atoms with Gasteiger partial charge in [0.2, 0.25) is 0 Å². The zero-order chi connectivity index (χ0) is 9.10. The lowest BCUT2D eigenvalue weighted by atomic mass is 10.0. The summed E-state index contributed by atoms with van der Waals surface area (Å²) in [5.74, 6) is 3.01. The van der Waals surface area contributed by atoms with E-state index in [0.29, 0.717) is 5.92 Å². The standard InChI is InChI=1S/C9H13N3S/c10-8-4-9(12-11-5-8)7-2-1-3-13-6-7/h4-5,7H,1-3,6H2,(H2,10,12). The van der Waals surface area contributed by atoms with Crippen molar-refractivity contribution < 1.29 is 0 Å². The topological polar surface area (TPSA) is 51.8 Å². The summed E-state index contributed by atoms with van der Waals surface area (Å²) in [6.07, 6.45) is 4.11. The second kappa shape index (κ2) is 3.96. The molecule has 2 rings (SSSR count). The zero-order valence-corrected chi connectivity index (χ0v) is 8.26. The Kier molecular flexibility index (Phi) is 2.68. The first-order valence-electron chi connectivity index (χ1n) is 4.52. The Morgan fingerprint density at radius 2 is 2.46 bits per heavy atom. The fourth-order valence-corrected chi connectivity index (χ4v) is 2.73. The van der Waals surface area contributed by atoms with Gasteiger partial charge in [0.15, 0.2) is 0 Å². The van der Waals surface area contributed by atoms with Gasteiger partial charge in [0.05, 0.1) is 17.6 Å². The first kappa shape index (κ1) is 8.81. The third-order valence-corrected chi connectivity index (χ3v) is 3.49. The molecule has 13 heavy (non-hydrogen) atoms. The van der Waals surface area contributed by atoms with Crippen LogP contribution >= 0.6 is 11.8 Å². The Labute approximate surface area is 82.1 Å². The van der Waals surface area contributed by atoms with Gasteiger partial charge in [-0.1, -0.05) is 0 Å². The number of hydrogen-bond donors (Lipinski definition) is 1. The van der Waals surface area contributed by atoms with E-state index in [4.69, 9.17) is 5.73 Å².